The van der Waals surface area contributed by atoms with Crippen LogP contribution in [0.25, 0.3) is 0 Å². The van der Waals surface area contributed by atoms with Gasteiger partial charge in [0.25, 0.3) is 0 Å². The van der Waals surface area contributed by atoms with Gasteiger partial charge in [-0.15, -0.1) is 0 Å². The highest BCUT2D eigenvalue weighted by molar-refractivity contribution is 7.92. The third-order valence-electron chi connectivity index (χ3n) is 3.00. The minimum Gasteiger partial charge on any atom is -0.396 e. The van der Waals surface area contributed by atoms with Crippen molar-refractivity contribution in [1.82, 2.24) is 5.32 Å². The standard InChI is InChI=1S/C10H23NO3S/c1-8(6-12)9(2)11-7-10(3,4)15(5,13)14/h8-9,11-12H,6-7H2,1-5H3. The Morgan fingerprint density at radius 1 is 1.33 bits per heavy atom. The molecule has 0 aromatic heterocycles. The molecule has 0 aliphatic carbocycles. The fourth-order valence-corrected chi connectivity index (χ4v) is 1.24. The predicted molar refractivity (Wildman–Crippen MR) is 62.6 cm³/mol. The maximum atomic E-state index is 11.4. The second-order valence-electron chi connectivity index (χ2n) is 4.86. The van der Waals surface area contributed by atoms with Gasteiger partial charge in [0, 0.05) is 25.4 Å². The molecule has 2 N–H and O–H groups in total. The van der Waals surface area contributed by atoms with Crippen molar-refractivity contribution in [3.8, 4) is 0 Å². The van der Waals surface area contributed by atoms with Crippen LogP contribution in [0.4, 0.5) is 0 Å². The summed E-state index contributed by atoms with van der Waals surface area (Å²) in [7, 11) is -3.06. The molecule has 0 fully saturated rings. The van der Waals surface area contributed by atoms with Crippen LogP contribution in [0.15, 0.2) is 0 Å². The molecule has 0 bridgehead atoms. The predicted octanol–water partition coefficient (Wildman–Crippen LogP) is 0.416. The van der Waals surface area contributed by atoms with Gasteiger partial charge in [-0.05, 0) is 26.7 Å². The van der Waals surface area contributed by atoms with Crippen LogP contribution in [0, 0.1) is 5.92 Å². The number of hydrogen-bond acceptors (Lipinski definition) is 4. The minimum atomic E-state index is -3.06. The first-order valence-corrected chi connectivity index (χ1v) is 7.05. The topological polar surface area (TPSA) is 66.4 Å². The van der Waals surface area contributed by atoms with E-state index in [2.05, 4.69) is 5.32 Å². The average molecular weight is 237 g/mol. The summed E-state index contributed by atoms with van der Waals surface area (Å²) in [5, 5.41) is 12.1. The number of aliphatic hydroxyl groups excluding tert-OH is 1. The third kappa shape index (κ3) is 4.49. The molecule has 0 saturated heterocycles. The zero-order valence-corrected chi connectivity index (χ0v) is 11.1. The molecule has 0 aromatic rings. The highest BCUT2D eigenvalue weighted by Crippen LogP contribution is 2.14. The molecule has 0 saturated carbocycles. The van der Waals surface area contributed by atoms with E-state index in [0.29, 0.717) is 6.54 Å². The zero-order valence-electron chi connectivity index (χ0n) is 10.2. The number of hydrogen-bond donors (Lipinski definition) is 2. The van der Waals surface area contributed by atoms with Gasteiger partial charge in [0.2, 0.25) is 0 Å². The lowest BCUT2D eigenvalue weighted by atomic mass is 10.0. The lowest BCUT2D eigenvalue weighted by Gasteiger charge is -2.27. The highest BCUT2D eigenvalue weighted by Gasteiger charge is 2.30. The van der Waals surface area contributed by atoms with Crippen molar-refractivity contribution in [3.05, 3.63) is 0 Å². The van der Waals surface area contributed by atoms with Crippen LogP contribution < -0.4 is 5.32 Å². The van der Waals surface area contributed by atoms with Crippen molar-refractivity contribution in [2.24, 2.45) is 5.92 Å². The number of rotatable bonds is 6. The van der Waals surface area contributed by atoms with Crippen molar-refractivity contribution in [2.75, 3.05) is 19.4 Å². The molecule has 0 amide bonds. The Morgan fingerprint density at radius 3 is 2.13 bits per heavy atom. The van der Waals surface area contributed by atoms with E-state index >= 15 is 0 Å². The van der Waals surface area contributed by atoms with E-state index in [4.69, 9.17) is 5.11 Å². The number of nitrogens with one attached hydrogen (secondary N) is 1. The van der Waals surface area contributed by atoms with Crippen LogP contribution in [0.1, 0.15) is 27.7 Å². The van der Waals surface area contributed by atoms with Gasteiger partial charge in [0.15, 0.2) is 9.84 Å². The average Bonchev–Trinajstić information content (AvgIpc) is 2.11. The van der Waals surface area contributed by atoms with E-state index in [1.807, 2.05) is 13.8 Å². The molecule has 4 nitrogen and oxygen atoms in total. The van der Waals surface area contributed by atoms with Crippen molar-refractivity contribution < 1.29 is 13.5 Å². The summed E-state index contributed by atoms with van der Waals surface area (Å²) < 4.78 is 22.1. The summed E-state index contributed by atoms with van der Waals surface area (Å²) in [6, 6.07) is 0.107. The van der Waals surface area contributed by atoms with Gasteiger partial charge in [-0.2, -0.15) is 0 Å². The van der Waals surface area contributed by atoms with Crippen LogP contribution in [-0.4, -0.2) is 43.7 Å². The summed E-state index contributed by atoms with van der Waals surface area (Å²) in [5.74, 6) is 0.125. The first-order chi connectivity index (χ1) is 6.62. The van der Waals surface area contributed by atoms with Gasteiger partial charge < -0.3 is 10.4 Å². The van der Waals surface area contributed by atoms with E-state index in [1.54, 1.807) is 13.8 Å². The second-order valence-corrected chi connectivity index (χ2v) is 7.51. The lowest BCUT2D eigenvalue weighted by Crippen LogP contribution is -2.46. The highest BCUT2D eigenvalue weighted by atomic mass is 32.2. The first-order valence-electron chi connectivity index (χ1n) is 5.15. The van der Waals surface area contributed by atoms with E-state index < -0.39 is 14.6 Å². The molecular formula is C10H23NO3S. The van der Waals surface area contributed by atoms with Gasteiger partial charge in [0.1, 0.15) is 0 Å². The van der Waals surface area contributed by atoms with Gasteiger partial charge in [-0.1, -0.05) is 6.92 Å². The zero-order chi connectivity index (χ0) is 12.3. The molecule has 0 aromatic carbocycles. The van der Waals surface area contributed by atoms with Gasteiger partial charge in [0.05, 0.1) is 4.75 Å². The van der Waals surface area contributed by atoms with Gasteiger partial charge >= 0.3 is 0 Å². The molecule has 92 valence electrons. The summed E-state index contributed by atoms with van der Waals surface area (Å²) in [6.07, 6.45) is 1.24. The number of aliphatic hydroxyl groups is 1. The van der Waals surface area contributed by atoms with E-state index in [-0.39, 0.29) is 18.6 Å². The molecule has 2 atom stereocenters. The van der Waals surface area contributed by atoms with Crippen molar-refractivity contribution >= 4 is 9.84 Å². The fourth-order valence-electron chi connectivity index (χ4n) is 0.897. The number of sulfone groups is 1. The first kappa shape index (κ1) is 14.9. The van der Waals surface area contributed by atoms with Gasteiger partial charge in [-0.25, -0.2) is 8.42 Å². The van der Waals surface area contributed by atoms with Crippen LogP contribution in [0.3, 0.4) is 0 Å². The SMILES string of the molecule is CC(CO)C(C)NCC(C)(C)S(C)(=O)=O. The lowest BCUT2D eigenvalue weighted by molar-refractivity contribution is 0.206. The molecule has 0 aliphatic rings. The third-order valence-corrected chi connectivity index (χ3v) is 5.15. The quantitative estimate of drug-likeness (QED) is 0.702. The van der Waals surface area contributed by atoms with Gasteiger partial charge in [-0.3, -0.25) is 0 Å². The molecule has 15 heavy (non-hydrogen) atoms. The van der Waals surface area contributed by atoms with Crippen LogP contribution in [0.5, 0.6) is 0 Å². The van der Waals surface area contributed by atoms with E-state index in [9.17, 15) is 8.42 Å². The monoisotopic (exact) mass is 237 g/mol. The Balaban J connectivity index is 4.28. The Bertz CT molecular complexity index is 285. The Morgan fingerprint density at radius 2 is 1.80 bits per heavy atom. The molecule has 0 heterocycles. The molecule has 0 aliphatic heterocycles. The maximum Gasteiger partial charge on any atom is 0.153 e. The van der Waals surface area contributed by atoms with E-state index in [1.165, 1.54) is 6.26 Å². The Hall–Kier alpha value is -0.130. The summed E-state index contributed by atoms with van der Waals surface area (Å²) in [5.41, 5.74) is 0. The van der Waals surface area contributed by atoms with Crippen molar-refractivity contribution in [3.63, 3.8) is 0 Å². The van der Waals surface area contributed by atoms with Crippen molar-refractivity contribution in [2.45, 2.75) is 38.5 Å². The fraction of sp³-hybridized carbons (Fsp3) is 1.00. The molecule has 2 unspecified atom stereocenters. The normalized spacial score (nSPS) is 17.5. The minimum absolute atomic E-state index is 0.105. The molecule has 5 heteroatoms. The summed E-state index contributed by atoms with van der Waals surface area (Å²) >= 11 is 0. The Labute approximate surface area is 93.0 Å². The largest absolute Gasteiger partial charge is 0.396 e. The molecule has 0 radical (unpaired) electrons. The molecular weight excluding hydrogens is 214 g/mol. The Kier molecular flexibility index (Phi) is 5.23. The van der Waals surface area contributed by atoms with Crippen molar-refractivity contribution in [1.29, 1.82) is 0 Å². The molecule has 0 rings (SSSR count). The maximum absolute atomic E-state index is 11.4. The summed E-state index contributed by atoms with van der Waals surface area (Å²) in [4.78, 5) is 0. The smallest absolute Gasteiger partial charge is 0.153 e. The second kappa shape index (κ2) is 5.27. The van der Waals surface area contributed by atoms with Crippen LogP contribution >= 0.6 is 0 Å². The van der Waals surface area contributed by atoms with E-state index in [0.717, 1.165) is 0 Å². The van der Waals surface area contributed by atoms with Crippen LogP contribution in [0.2, 0.25) is 0 Å². The summed E-state index contributed by atoms with van der Waals surface area (Å²) in [6.45, 7) is 7.77. The molecule has 0 spiro atoms. The van der Waals surface area contributed by atoms with Crippen LogP contribution in [-0.2, 0) is 9.84 Å².